The maximum absolute atomic E-state index is 10.5. The van der Waals surface area contributed by atoms with Gasteiger partial charge in [-0.05, 0) is 32.4 Å². The minimum Gasteiger partial charge on any atom is -0.481 e. The van der Waals surface area contributed by atoms with E-state index in [0.29, 0.717) is 5.92 Å². The molecule has 0 aromatic carbocycles. The van der Waals surface area contributed by atoms with Crippen LogP contribution in [0.25, 0.3) is 0 Å². The SMILES string of the molecule is CC(CC(=O)O)N1CCC(CN)C1. The van der Waals surface area contributed by atoms with Crippen molar-refractivity contribution in [1.82, 2.24) is 4.90 Å². The largest absolute Gasteiger partial charge is 0.481 e. The van der Waals surface area contributed by atoms with Crippen LogP contribution in [0.1, 0.15) is 19.8 Å². The maximum Gasteiger partial charge on any atom is 0.304 e. The molecule has 1 aliphatic heterocycles. The molecular weight excluding hydrogens is 168 g/mol. The van der Waals surface area contributed by atoms with Crippen LogP contribution in [0, 0.1) is 5.92 Å². The first-order valence-corrected chi connectivity index (χ1v) is 4.79. The third-order valence-corrected chi connectivity index (χ3v) is 2.74. The Balaban J connectivity index is 2.32. The third-order valence-electron chi connectivity index (χ3n) is 2.74. The Hall–Kier alpha value is -0.610. The molecule has 2 atom stereocenters. The van der Waals surface area contributed by atoms with Crippen LogP contribution in [0.5, 0.6) is 0 Å². The molecule has 0 aliphatic carbocycles. The van der Waals surface area contributed by atoms with Crippen molar-refractivity contribution in [3.05, 3.63) is 0 Å². The molecule has 76 valence electrons. The van der Waals surface area contributed by atoms with E-state index in [4.69, 9.17) is 10.8 Å². The van der Waals surface area contributed by atoms with Gasteiger partial charge in [0.2, 0.25) is 0 Å². The summed E-state index contributed by atoms with van der Waals surface area (Å²) in [6, 6.07) is 0.147. The summed E-state index contributed by atoms with van der Waals surface area (Å²) in [5.74, 6) is -0.153. The van der Waals surface area contributed by atoms with Crippen molar-refractivity contribution in [3.63, 3.8) is 0 Å². The van der Waals surface area contributed by atoms with Gasteiger partial charge in [-0.1, -0.05) is 0 Å². The molecule has 1 saturated heterocycles. The van der Waals surface area contributed by atoms with E-state index in [1.54, 1.807) is 0 Å². The lowest BCUT2D eigenvalue weighted by molar-refractivity contribution is -0.138. The molecule has 1 aliphatic rings. The summed E-state index contributed by atoms with van der Waals surface area (Å²) in [5, 5.41) is 8.62. The summed E-state index contributed by atoms with van der Waals surface area (Å²) in [6.07, 6.45) is 1.34. The van der Waals surface area contributed by atoms with Crippen LogP contribution >= 0.6 is 0 Å². The van der Waals surface area contributed by atoms with Gasteiger partial charge in [0.15, 0.2) is 0 Å². The van der Waals surface area contributed by atoms with E-state index in [0.717, 1.165) is 26.1 Å². The first kappa shape index (κ1) is 10.5. The number of nitrogens with two attached hydrogens (primary N) is 1. The molecule has 2 unspecified atom stereocenters. The van der Waals surface area contributed by atoms with Gasteiger partial charge in [-0.2, -0.15) is 0 Å². The highest BCUT2D eigenvalue weighted by Gasteiger charge is 2.25. The molecule has 0 radical (unpaired) electrons. The lowest BCUT2D eigenvalue weighted by atomic mass is 10.1. The molecule has 0 spiro atoms. The third kappa shape index (κ3) is 2.97. The standard InChI is InChI=1S/C9H18N2O2/c1-7(4-9(12)13)11-3-2-8(5-10)6-11/h7-8H,2-6,10H2,1H3,(H,12,13). The highest BCUT2D eigenvalue weighted by Crippen LogP contribution is 2.18. The van der Waals surface area contributed by atoms with Crippen LogP contribution in [-0.2, 0) is 4.79 Å². The number of nitrogens with zero attached hydrogens (tertiary/aromatic N) is 1. The number of hydrogen-bond donors (Lipinski definition) is 2. The zero-order chi connectivity index (χ0) is 9.84. The second-order valence-electron chi connectivity index (χ2n) is 3.83. The van der Waals surface area contributed by atoms with Crippen molar-refractivity contribution in [3.8, 4) is 0 Å². The number of likely N-dealkylation sites (tertiary alicyclic amines) is 1. The van der Waals surface area contributed by atoms with Crippen molar-refractivity contribution < 1.29 is 9.90 Å². The van der Waals surface area contributed by atoms with Gasteiger partial charge in [0.1, 0.15) is 0 Å². The molecule has 0 saturated carbocycles. The summed E-state index contributed by atoms with van der Waals surface area (Å²) in [5.41, 5.74) is 5.55. The topological polar surface area (TPSA) is 66.6 Å². The summed E-state index contributed by atoms with van der Waals surface area (Å²) in [6.45, 7) is 4.64. The van der Waals surface area contributed by atoms with Crippen LogP contribution in [-0.4, -0.2) is 41.7 Å². The normalized spacial score (nSPS) is 26.2. The molecule has 0 aromatic rings. The molecule has 4 nitrogen and oxygen atoms in total. The van der Waals surface area contributed by atoms with Crippen molar-refractivity contribution in [2.45, 2.75) is 25.8 Å². The van der Waals surface area contributed by atoms with Crippen LogP contribution in [0.4, 0.5) is 0 Å². The van der Waals surface area contributed by atoms with E-state index in [2.05, 4.69) is 4.90 Å². The van der Waals surface area contributed by atoms with Crippen molar-refractivity contribution in [2.75, 3.05) is 19.6 Å². The second-order valence-corrected chi connectivity index (χ2v) is 3.83. The van der Waals surface area contributed by atoms with Gasteiger partial charge in [0, 0.05) is 12.6 Å². The van der Waals surface area contributed by atoms with E-state index < -0.39 is 5.97 Å². The van der Waals surface area contributed by atoms with E-state index >= 15 is 0 Å². The average Bonchev–Trinajstić information content (AvgIpc) is 2.50. The Kier molecular flexibility index (Phi) is 3.69. The van der Waals surface area contributed by atoms with Crippen molar-refractivity contribution in [1.29, 1.82) is 0 Å². The highest BCUT2D eigenvalue weighted by atomic mass is 16.4. The molecule has 1 fully saturated rings. The molecule has 1 heterocycles. The molecule has 0 bridgehead atoms. The number of carbonyl (C=O) groups is 1. The first-order chi connectivity index (χ1) is 6.13. The zero-order valence-electron chi connectivity index (χ0n) is 8.07. The number of rotatable bonds is 4. The van der Waals surface area contributed by atoms with E-state index in [9.17, 15) is 4.79 Å². The predicted octanol–water partition coefficient (Wildman–Crippen LogP) is 0.130. The Morgan fingerprint density at radius 2 is 2.46 bits per heavy atom. The van der Waals surface area contributed by atoms with Gasteiger partial charge in [0.05, 0.1) is 6.42 Å². The summed E-state index contributed by atoms with van der Waals surface area (Å²) in [4.78, 5) is 12.7. The Morgan fingerprint density at radius 1 is 1.77 bits per heavy atom. The maximum atomic E-state index is 10.5. The lowest BCUT2D eigenvalue weighted by Gasteiger charge is -2.22. The van der Waals surface area contributed by atoms with Crippen LogP contribution in [0.3, 0.4) is 0 Å². The minimum atomic E-state index is -0.719. The fourth-order valence-electron chi connectivity index (χ4n) is 1.84. The first-order valence-electron chi connectivity index (χ1n) is 4.79. The number of aliphatic carboxylic acids is 1. The van der Waals surface area contributed by atoms with E-state index in [1.165, 1.54) is 0 Å². The highest BCUT2D eigenvalue weighted by molar-refractivity contribution is 5.67. The minimum absolute atomic E-state index is 0.147. The van der Waals surface area contributed by atoms with Gasteiger partial charge < -0.3 is 10.8 Å². The Labute approximate surface area is 78.7 Å². The van der Waals surface area contributed by atoms with Gasteiger partial charge in [0.25, 0.3) is 0 Å². The number of carboxylic acids is 1. The molecule has 1 rings (SSSR count). The molecule has 4 heteroatoms. The van der Waals surface area contributed by atoms with Gasteiger partial charge in [-0.25, -0.2) is 0 Å². The zero-order valence-corrected chi connectivity index (χ0v) is 8.07. The van der Waals surface area contributed by atoms with Gasteiger partial charge in [-0.15, -0.1) is 0 Å². The summed E-state index contributed by atoms with van der Waals surface area (Å²) < 4.78 is 0. The summed E-state index contributed by atoms with van der Waals surface area (Å²) >= 11 is 0. The predicted molar refractivity (Wildman–Crippen MR) is 50.4 cm³/mol. The van der Waals surface area contributed by atoms with E-state index in [-0.39, 0.29) is 12.5 Å². The smallest absolute Gasteiger partial charge is 0.304 e. The van der Waals surface area contributed by atoms with Gasteiger partial charge >= 0.3 is 5.97 Å². The van der Waals surface area contributed by atoms with Crippen LogP contribution in [0.2, 0.25) is 0 Å². The Morgan fingerprint density at radius 3 is 2.92 bits per heavy atom. The number of carboxylic acid groups (broad SMARTS) is 1. The molecule has 0 aromatic heterocycles. The van der Waals surface area contributed by atoms with E-state index in [1.807, 2.05) is 6.92 Å². The Bertz CT molecular complexity index is 184. The lowest BCUT2D eigenvalue weighted by Crippen LogP contribution is -2.33. The average molecular weight is 186 g/mol. The second kappa shape index (κ2) is 4.58. The molecule has 0 amide bonds. The monoisotopic (exact) mass is 186 g/mol. The molecule has 13 heavy (non-hydrogen) atoms. The quantitative estimate of drug-likeness (QED) is 0.655. The fourth-order valence-corrected chi connectivity index (χ4v) is 1.84. The number of hydrogen-bond acceptors (Lipinski definition) is 3. The van der Waals surface area contributed by atoms with Crippen LogP contribution < -0.4 is 5.73 Å². The van der Waals surface area contributed by atoms with Crippen molar-refractivity contribution in [2.24, 2.45) is 11.7 Å². The fraction of sp³-hybridized carbons (Fsp3) is 0.889. The molecular formula is C9H18N2O2. The summed E-state index contributed by atoms with van der Waals surface area (Å²) in [7, 11) is 0. The molecule has 3 N–H and O–H groups in total. The van der Waals surface area contributed by atoms with Crippen molar-refractivity contribution >= 4 is 5.97 Å². The van der Waals surface area contributed by atoms with Crippen LogP contribution in [0.15, 0.2) is 0 Å². The van der Waals surface area contributed by atoms with Gasteiger partial charge in [-0.3, -0.25) is 9.69 Å².